The Labute approximate surface area is 124 Å². The lowest BCUT2D eigenvalue weighted by Crippen LogP contribution is -2.50. The van der Waals surface area contributed by atoms with E-state index in [-0.39, 0.29) is 22.3 Å². The average molecular weight is 308 g/mol. The molecule has 0 aliphatic heterocycles. The lowest BCUT2D eigenvalue weighted by Gasteiger charge is -2.21. The number of anilines is 1. The first-order valence-electron chi connectivity index (χ1n) is 6.07. The number of carbonyl (C=O) groups excluding carboxylic acids is 2. The van der Waals surface area contributed by atoms with E-state index in [4.69, 9.17) is 23.2 Å². The Morgan fingerprint density at radius 2 is 1.77 bits per heavy atom. The highest BCUT2D eigenvalue weighted by atomic mass is 16.3. The molecule has 0 unspecified atom stereocenters. The van der Waals surface area contributed by atoms with Crippen LogP contribution in [0.3, 0.4) is 0 Å². The summed E-state index contributed by atoms with van der Waals surface area (Å²) < 4.78 is 0. The van der Waals surface area contributed by atoms with Gasteiger partial charge in [0.05, 0.1) is 17.3 Å². The molecule has 22 heavy (non-hydrogen) atoms. The van der Waals surface area contributed by atoms with Crippen LogP contribution in [-0.4, -0.2) is 27.1 Å². The molecule has 11 heteroatoms. The highest BCUT2D eigenvalue weighted by Crippen LogP contribution is 2.38. The third-order valence-corrected chi connectivity index (χ3v) is 3.41. The summed E-state index contributed by atoms with van der Waals surface area (Å²) in [7, 11) is 0. The van der Waals surface area contributed by atoms with Crippen LogP contribution in [0.15, 0.2) is 6.20 Å². The number of phenols is 1. The molecule has 0 atom stereocenters. The number of urea groups is 2. The Morgan fingerprint density at radius 3 is 2.27 bits per heavy atom. The maximum absolute atomic E-state index is 11.4. The minimum absolute atomic E-state index is 0.0658. The molecule has 0 saturated heterocycles. The molecule has 0 aliphatic rings. The maximum atomic E-state index is 11.4. The number of nitrogens with zero attached hydrogens (tertiary/aromatic N) is 4. The molecular weight excluding hydrogens is 292 g/mol. The van der Waals surface area contributed by atoms with Gasteiger partial charge in [0.25, 0.3) is 0 Å². The monoisotopic (exact) mass is 308 g/mol. The van der Waals surface area contributed by atoms with Crippen molar-refractivity contribution in [3.8, 4) is 5.75 Å². The van der Waals surface area contributed by atoms with Crippen LogP contribution in [0, 0.1) is 13.8 Å². The molecule has 2 rings (SSSR count). The van der Waals surface area contributed by atoms with Gasteiger partial charge in [-0.25, -0.2) is 26.3 Å². The Hall–Kier alpha value is -3.05. The number of hydrogen-bond donors (Lipinski definition) is 5. The van der Waals surface area contributed by atoms with Gasteiger partial charge in [0.1, 0.15) is 11.3 Å². The van der Waals surface area contributed by atoms with Crippen molar-refractivity contribution in [2.45, 2.75) is 13.8 Å². The second-order valence-electron chi connectivity index (χ2n) is 4.63. The van der Waals surface area contributed by atoms with Crippen molar-refractivity contribution in [2.24, 2.45) is 23.2 Å². The lowest BCUT2D eigenvalue weighted by atomic mass is 10.0. The highest BCUT2D eigenvalue weighted by molar-refractivity contribution is 6.05. The maximum Gasteiger partial charge on any atom is 0.350 e. The summed E-state index contributed by atoms with van der Waals surface area (Å²) in [6.45, 7) is 3.25. The van der Waals surface area contributed by atoms with Gasteiger partial charge in [0.2, 0.25) is 0 Å². The van der Waals surface area contributed by atoms with E-state index in [1.807, 2.05) is 0 Å². The second kappa shape index (κ2) is 5.05. The fraction of sp³-hybridized carbons (Fsp3) is 0.182. The van der Waals surface area contributed by atoms with Gasteiger partial charge in [-0.05, 0) is 25.0 Å². The van der Waals surface area contributed by atoms with Crippen LogP contribution >= 0.6 is 0 Å². The first-order valence-corrected chi connectivity index (χ1v) is 6.07. The van der Waals surface area contributed by atoms with Crippen molar-refractivity contribution in [2.75, 3.05) is 10.1 Å². The summed E-state index contributed by atoms with van der Waals surface area (Å²) in [6.07, 6.45) is 1.28. The van der Waals surface area contributed by atoms with E-state index in [1.165, 1.54) is 6.20 Å². The summed E-state index contributed by atoms with van der Waals surface area (Å²) in [5.74, 6) is 11.0. The topological polar surface area (TPSA) is 183 Å². The van der Waals surface area contributed by atoms with Gasteiger partial charge < -0.3 is 16.6 Å². The molecule has 0 fully saturated rings. The molecule has 0 saturated carbocycles. The Bertz CT molecular complexity index is 783. The van der Waals surface area contributed by atoms with E-state index in [0.717, 1.165) is 9.80 Å². The van der Waals surface area contributed by atoms with Gasteiger partial charge in [0.15, 0.2) is 0 Å². The number of amides is 4. The molecule has 0 aliphatic carbocycles. The van der Waals surface area contributed by atoms with Crippen molar-refractivity contribution in [1.29, 1.82) is 0 Å². The molecule has 1 heterocycles. The first kappa shape index (κ1) is 15.3. The van der Waals surface area contributed by atoms with Crippen molar-refractivity contribution in [1.82, 2.24) is 9.89 Å². The second-order valence-corrected chi connectivity index (χ2v) is 4.63. The van der Waals surface area contributed by atoms with Gasteiger partial charge in [-0.1, -0.05) is 0 Å². The number of aromatic nitrogens is 2. The predicted molar refractivity (Wildman–Crippen MR) is 79.1 cm³/mol. The largest absolute Gasteiger partial charge is 0.505 e. The zero-order chi connectivity index (χ0) is 16.8. The Balaban J connectivity index is 2.89. The number of rotatable bonds is 2. The van der Waals surface area contributed by atoms with Crippen LogP contribution in [0.2, 0.25) is 0 Å². The Kier molecular flexibility index (Phi) is 3.52. The lowest BCUT2D eigenvalue weighted by molar-refractivity contribution is 0.247. The number of primary amides is 2. The van der Waals surface area contributed by atoms with Gasteiger partial charge in [-0.2, -0.15) is 5.10 Å². The van der Waals surface area contributed by atoms with E-state index in [9.17, 15) is 14.7 Å². The fourth-order valence-corrected chi connectivity index (χ4v) is 2.15. The minimum Gasteiger partial charge on any atom is -0.505 e. The molecule has 1 aromatic heterocycles. The van der Waals surface area contributed by atoms with Crippen molar-refractivity contribution in [3.05, 3.63) is 17.3 Å². The van der Waals surface area contributed by atoms with E-state index < -0.39 is 12.1 Å². The summed E-state index contributed by atoms with van der Waals surface area (Å²) >= 11 is 0. The molecule has 9 N–H and O–H groups in total. The number of benzene rings is 1. The van der Waals surface area contributed by atoms with E-state index in [1.54, 1.807) is 13.8 Å². The van der Waals surface area contributed by atoms with Crippen LogP contribution < -0.4 is 33.3 Å². The van der Waals surface area contributed by atoms with Gasteiger partial charge in [-0.3, -0.25) is 0 Å². The van der Waals surface area contributed by atoms with Crippen LogP contribution in [0.1, 0.15) is 11.1 Å². The molecule has 0 spiro atoms. The van der Waals surface area contributed by atoms with Crippen LogP contribution in [-0.2, 0) is 0 Å². The number of hydrogen-bond acceptors (Lipinski definition) is 6. The smallest absolute Gasteiger partial charge is 0.350 e. The number of hydrazine groups is 2. The van der Waals surface area contributed by atoms with Crippen LogP contribution in [0.25, 0.3) is 10.9 Å². The fourth-order valence-electron chi connectivity index (χ4n) is 2.15. The van der Waals surface area contributed by atoms with Crippen molar-refractivity contribution < 1.29 is 14.7 Å². The summed E-state index contributed by atoms with van der Waals surface area (Å²) in [5, 5.41) is 15.7. The average Bonchev–Trinajstić information content (AvgIpc) is 2.88. The Morgan fingerprint density at radius 1 is 1.18 bits per heavy atom. The van der Waals surface area contributed by atoms with E-state index in [2.05, 4.69) is 5.10 Å². The molecule has 2 aromatic rings. The van der Waals surface area contributed by atoms with E-state index in [0.29, 0.717) is 16.2 Å². The molecule has 0 bridgehead atoms. The minimum atomic E-state index is -0.997. The SMILES string of the molecule is Cc1c(C)c(O)c2c(cnn2N(N)C(N)=O)c1N(N)C(N)=O. The normalized spacial score (nSPS) is 10.7. The summed E-state index contributed by atoms with van der Waals surface area (Å²) in [5.41, 5.74) is 11.5. The zero-order valence-corrected chi connectivity index (χ0v) is 11.9. The summed E-state index contributed by atoms with van der Waals surface area (Å²) in [4.78, 5) is 23.5. The van der Waals surface area contributed by atoms with Gasteiger partial charge >= 0.3 is 12.1 Å². The number of phenolic OH excluding ortho intramolecular Hbond substituents is 1. The molecule has 11 nitrogen and oxygen atoms in total. The van der Waals surface area contributed by atoms with Gasteiger partial charge in [-0.15, -0.1) is 9.91 Å². The highest BCUT2D eigenvalue weighted by Gasteiger charge is 2.25. The quantitative estimate of drug-likeness (QED) is 0.269. The first-order chi connectivity index (χ1) is 10.2. The third kappa shape index (κ3) is 2.04. The number of carbonyl (C=O) groups is 2. The zero-order valence-electron chi connectivity index (χ0n) is 11.9. The standard InChI is InChI=1S/C11H16N8O3/c1-4-5(2)9(20)8-6(7(4)17(14)10(12)21)3-16-19(8)18(15)11(13)22/h3,20H,14-15H2,1-2H3,(H2,12,21)(H2,13,22). The molecule has 1 aromatic carbocycles. The molecule has 0 radical (unpaired) electrons. The molecule has 118 valence electrons. The van der Waals surface area contributed by atoms with Crippen LogP contribution in [0.5, 0.6) is 5.75 Å². The third-order valence-electron chi connectivity index (χ3n) is 3.41. The number of nitrogens with two attached hydrogens (primary N) is 4. The van der Waals surface area contributed by atoms with E-state index >= 15 is 0 Å². The number of fused-ring (bicyclic) bond motifs is 1. The van der Waals surface area contributed by atoms with Crippen molar-refractivity contribution in [3.63, 3.8) is 0 Å². The molecule has 4 amide bonds. The number of aromatic hydroxyl groups is 1. The summed E-state index contributed by atoms with van der Waals surface area (Å²) in [6, 6.07) is -1.90. The van der Waals surface area contributed by atoms with Crippen molar-refractivity contribution >= 4 is 28.7 Å². The predicted octanol–water partition coefficient (Wildman–Crippen LogP) is -0.992. The van der Waals surface area contributed by atoms with Crippen LogP contribution in [0.4, 0.5) is 15.3 Å². The molecular formula is C11H16N8O3. The van der Waals surface area contributed by atoms with Gasteiger partial charge in [0, 0.05) is 0 Å².